The molecule has 1 heterocycles. The van der Waals surface area contributed by atoms with Crippen LogP contribution >= 0.6 is 0 Å². The summed E-state index contributed by atoms with van der Waals surface area (Å²) in [4.78, 5) is 13.2. The number of unbranched alkanes of at least 4 members (excludes halogenated alkanes) is 30. The summed E-state index contributed by atoms with van der Waals surface area (Å²) in [6.45, 7) is 3.38. The van der Waals surface area contributed by atoms with Gasteiger partial charge in [-0.3, -0.25) is 4.79 Å². The molecule has 0 aliphatic carbocycles. The number of ether oxygens (including phenoxy) is 2. The summed E-state index contributed by atoms with van der Waals surface area (Å²) < 4.78 is 11.1. The predicted molar refractivity (Wildman–Crippen MR) is 279 cm³/mol. The first-order chi connectivity index (χ1) is 33.2. The zero-order chi connectivity index (χ0) is 49.7. The van der Waals surface area contributed by atoms with Crippen molar-refractivity contribution in [3.05, 3.63) is 36.5 Å². The van der Waals surface area contributed by atoms with Crippen LogP contribution < -0.4 is 5.32 Å². The SMILES string of the molecule is CCC/C=C/CC/C=C/CC/C=C/CCCC(O)C(O)C(COC1OC(CO)C(O)C(O)C1O)NC(=O)C(O)CCCCCCCCCCCCCCCCCCCCCCCCCCCCC. The second-order valence-electron chi connectivity index (χ2n) is 20.0. The number of aliphatic hydroxyl groups excluding tert-OH is 7. The lowest BCUT2D eigenvalue weighted by Crippen LogP contribution is -2.60. The molecule has 1 fully saturated rings. The highest BCUT2D eigenvalue weighted by Gasteiger charge is 2.44. The molecule has 1 amide bonds. The van der Waals surface area contributed by atoms with Crippen molar-refractivity contribution in [2.75, 3.05) is 13.2 Å². The van der Waals surface area contributed by atoms with Crippen molar-refractivity contribution in [1.82, 2.24) is 5.32 Å². The molecular formula is C57H107NO10. The van der Waals surface area contributed by atoms with Crippen LogP contribution in [-0.4, -0.2) is 110 Å². The molecule has 1 aliphatic rings. The molecule has 0 spiro atoms. The van der Waals surface area contributed by atoms with Gasteiger partial charge in [0.2, 0.25) is 5.91 Å². The van der Waals surface area contributed by atoms with Crippen LogP contribution in [-0.2, 0) is 14.3 Å². The maximum Gasteiger partial charge on any atom is 0.249 e. The Morgan fingerprint density at radius 2 is 0.897 bits per heavy atom. The highest BCUT2D eigenvalue weighted by atomic mass is 16.7. The average molecular weight is 966 g/mol. The van der Waals surface area contributed by atoms with Gasteiger partial charge in [0.05, 0.1) is 25.4 Å². The van der Waals surface area contributed by atoms with E-state index in [4.69, 9.17) is 9.47 Å². The maximum absolute atomic E-state index is 13.2. The fraction of sp³-hybridized carbons (Fsp3) is 0.877. The first-order valence-corrected chi connectivity index (χ1v) is 28.4. The van der Waals surface area contributed by atoms with Crippen molar-refractivity contribution < 1.29 is 50.0 Å². The van der Waals surface area contributed by atoms with Crippen LogP contribution in [0, 0.1) is 0 Å². The summed E-state index contributed by atoms with van der Waals surface area (Å²) in [6, 6.07) is -1.19. The number of hydrogen-bond donors (Lipinski definition) is 8. The van der Waals surface area contributed by atoms with E-state index in [0.717, 1.165) is 51.4 Å². The number of hydrogen-bond acceptors (Lipinski definition) is 10. The van der Waals surface area contributed by atoms with Gasteiger partial charge in [0.25, 0.3) is 0 Å². The summed E-state index contributed by atoms with van der Waals surface area (Å²) in [5.74, 6) is -0.710. The first-order valence-electron chi connectivity index (χ1n) is 28.4. The summed E-state index contributed by atoms with van der Waals surface area (Å²) in [7, 11) is 0. The molecule has 400 valence electrons. The number of allylic oxidation sites excluding steroid dienone is 6. The Morgan fingerprint density at radius 3 is 1.31 bits per heavy atom. The normalized spacial score (nSPS) is 20.8. The van der Waals surface area contributed by atoms with E-state index in [1.165, 1.54) is 154 Å². The van der Waals surface area contributed by atoms with Gasteiger partial charge in [0.15, 0.2) is 6.29 Å². The topological polar surface area (TPSA) is 189 Å². The Bertz CT molecular complexity index is 1200. The number of carbonyl (C=O) groups is 1. The lowest BCUT2D eigenvalue weighted by Gasteiger charge is -2.40. The van der Waals surface area contributed by atoms with Gasteiger partial charge >= 0.3 is 0 Å². The maximum atomic E-state index is 13.2. The molecule has 1 aliphatic heterocycles. The average Bonchev–Trinajstić information content (AvgIpc) is 3.34. The van der Waals surface area contributed by atoms with Crippen LogP contribution in [0.1, 0.15) is 251 Å². The summed E-state index contributed by atoms with van der Waals surface area (Å²) >= 11 is 0. The number of nitrogens with one attached hydrogen (secondary N) is 1. The minimum Gasteiger partial charge on any atom is -0.394 e. The quantitative estimate of drug-likeness (QED) is 0.0215. The van der Waals surface area contributed by atoms with Crippen molar-refractivity contribution >= 4 is 5.91 Å². The smallest absolute Gasteiger partial charge is 0.249 e. The molecular weight excluding hydrogens is 859 g/mol. The van der Waals surface area contributed by atoms with Crippen LogP contribution in [0.2, 0.25) is 0 Å². The first kappa shape index (κ1) is 64.3. The summed E-state index contributed by atoms with van der Waals surface area (Å²) in [5.41, 5.74) is 0. The van der Waals surface area contributed by atoms with E-state index >= 15 is 0 Å². The predicted octanol–water partition coefficient (Wildman–Crippen LogP) is 11.5. The lowest BCUT2D eigenvalue weighted by molar-refractivity contribution is -0.303. The minimum atomic E-state index is -1.67. The third-order valence-electron chi connectivity index (χ3n) is 13.6. The van der Waals surface area contributed by atoms with Crippen molar-refractivity contribution in [3.63, 3.8) is 0 Å². The van der Waals surface area contributed by atoms with Gasteiger partial charge in [-0.2, -0.15) is 0 Å². The van der Waals surface area contributed by atoms with E-state index in [0.29, 0.717) is 19.3 Å². The number of amides is 1. The molecule has 11 nitrogen and oxygen atoms in total. The van der Waals surface area contributed by atoms with Gasteiger partial charge in [-0.1, -0.05) is 230 Å². The van der Waals surface area contributed by atoms with E-state index in [-0.39, 0.29) is 12.8 Å². The Labute approximate surface area is 416 Å². The molecule has 68 heavy (non-hydrogen) atoms. The molecule has 11 heteroatoms. The van der Waals surface area contributed by atoms with E-state index in [1.54, 1.807) is 0 Å². The van der Waals surface area contributed by atoms with Gasteiger partial charge in [-0.15, -0.1) is 0 Å². The fourth-order valence-electron chi connectivity index (χ4n) is 9.01. The van der Waals surface area contributed by atoms with Crippen LogP contribution in [0.3, 0.4) is 0 Å². The molecule has 0 aromatic carbocycles. The van der Waals surface area contributed by atoms with Gasteiger partial charge in [-0.05, 0) is 57.8 Å². The van der Waals surface area contributed by atoms with E-state index in [9.17, 15) is 40.5 Å². The molecule has 0 radical (unpaired) electrons. The summed E-state index contributed by atoms with van der Waals surface area (Å²) in [6.07, 6.45) is 45.0. The zero-order valence-electron chi connectivity index (χ0n) is 43.6. The van der Waals surface area contributed by atoms with Crippen LogP contribution in [0.4, 0.5) is 0 Å². The second-order valence-corrected chi connectivity index (χ2v) is 20.0. The minimum absolute atomic E-state index is 0.242. The largest absolute Gasteiger partial charge is 0.394 e. The monoisotopic (exact) mass is 966 g/mol. The number of aliphatic hydroxyl groups is 7. The molecule has 1 rings (SSSR count). The van der Waals surface area contributed by atoms with Crippen molar-refractivity contribution in [3.8, 4) is 0 Å². The molecule has 9 atom stereocenters. The molecule has 0 saturated carbocycles. The van der Waals surface area contributed by atoms with Gasteiger partial charge < -0.3 is 50.5 Å². The third-order valence-corrected chi connectivity index (χ3v) is 13.6. The number of rotatable bonds is 48. The lowest BCUT2D eigenvalue weighted by atomic mass is 9.98. The third kappa shape index (κ3) is 34.6. The molecule has 8 N–H and O–H groups in total. The zero-order valence-corrected chi connectivity index (χ0v) is 43.6. The van der Waals surface area contributed by atoms with E-state index in [1.807, 2.05) is 0 Å². The Balaban J connectivity index is 2.27. The van der Waals surface area contributed by atoms with Crippen molar-refractivity contribution in [2.45, 2.75) is 306 Å². The molecule has 9 unspecified atom stereocenters. The molecule has 0 bridgehead atoms. The Morgan fingerprint density at radius 1 is 0.500 bits per heavy atom. The van der Waals surface area contributed by atoms with Crippen LogP contribution in [0.25, 0.3) is 0 Å². The fourth-order valence-corrected chi connectivity index (χ4v) is 9.01. The van der Waals surface area contributed by atoms with Crippen LogP contribution in [0.15, 0.2) is 36.5 Å². The Kier molecular flexibility index (Phi) is 43.9. The Hall–Kier alpha value is -1.67. The second kappa shape index (κ2) is 46.4. The highest BCUT2D eigenvalue weighted by molar-refractivity contribution is 5.80. The highest BCUT2D eigenvalue weighted by Crippen LogP contribution is 2.23. The van der Waals surface area contributed by atoms with Crippen molar-refractivity contribution in [1.29, 1.82) is 0 Å². The van der Waals surface area contributed by atoms with Crippen molar-refractivity contribution in [2.24, 2.45) is 0 Å². The number of carbonyl (C=O) groups excluding carboxylic acids is 1. The van der Waals surface area contributed by atoms with E-state index < -0.39 is 74.2 Å². The van der Waals surface area contributed by atoms with E-state index in [2.05, 4.69) is 55.6 Å². The standard InChI is InChI=1S/C57H107NO10/c1-3-5-7-9-11-13-15-17-19-20-21-22-23-24-25-26-27-28-29-30-31-33-35-37-39-41-43-45-50(61)56(66)58-48(47-67-57-55(65)54(64)53(63)51(46-59)68-57)52(62)49(60)44-42-40-38-36-34-32-18-16-14-12-10-8-6-4-2/h8,10,16,18,36,38,48-55,57,59-65H,3-7,9,11-15,17,19-35,37,39-47H2,1-2H3,(H,58,66)/b10-8+,18-16+,38-36+. The van der Waals surface area contributed by atoms with Gasteiger partial charge in [-0.25, -0.2) is 0 Å². The molecule has 1 saturated heterocycles. The summed E-state index contributed by atoms with van der Waals surface area (Å²) in [5, 5.41) is 75.9. The molecule has 0 aromatic rings. The van der Waals surface area contributed by atoms with Crippen LogP contribution in [0.5, 0.6) is 0 Å². The van der Waals surface area contributed by atoms with Gasteiger partial charge in [0, 0.05) is 0 Å². The molecule has 0 aromatic heterocycles. The van der Waals surface area contributed by atoms with Gasteiger partial charge in [0.1, 0.15) is 36.6 Å².